The summed E-state index contributed by atoms with van der Waals surface area (Å²) >= 11 is 0. The first-order valence-electron chi connectivity index (χ1n) is 6.04. The molecule has 3 amide bonds. The molecule has 118 valence electrons. The summed E-state index contributed by atoms with van der Waals surface area (Å²) < 4.78 is 5.04. The van der Waals surface area contributed by atoms with E-state index in [0.29, 0.717) is 0 Å². The molecule has 0 rings (SSSR count). The second-order valence-corrected chi connectivity index (χ2v) is 5.17. The van der Waals surface area contributed by atoms with Gasteiger partial charge in [0.05, 0.1) is 6.61 Å². The third-order valence-electron chi connectivity index (χ3n) is 2.05. The second-order valence-electron chi connectivity index (χ2n) is 5.17. The van der Waals surface area contributed by atoms with Crippen molar-refractivity contribution in [3.63, 3.8) is 0 Å². The lowest BCUT2D eigenvalue weighted by atomic mass is 10.2. The molecule has 0 saturated carbocycles. The normalized spacial score (nSPS) is 11.9. The summed E-state index contributed by atoms with van der Waals surface area (Å²) in [5, 5.41) is 13.9. The molecular weight excluding hydrogens is 282 g/mol. The van der Waals surface area contributed by atoms with Crippen LogP contribution in [-0.2, 0) is 14.3 Å². The average molecular weight is 301 g/mol. The zero-order valence-electron chi connectivity index (χ0n) is 12.4. The van der Waals surface area contributed by atoms with Gasteiger partial charge in [0.15, 0.2) is 0 Å². The molecule has 0 aliphatic rings. The van der Waals surface area contributed by atoms with E-state index in [0.717, 1.165) is 4.90 Å². The summed E-state index contributed by atoms with van der Waals surface area (Å²) in [4.78, 5) is 37.8. The van der Waals surface area contributed by atoms with Crippen LogP contribution in [0.15, 0.2) is 5.11 Å². The molecule has 0 radical (unpaired) electrons. The molecule has 0 aromatic carbocycles. The van der Waals surface area contributed by atoms with Crippen LogP contribution in [0.4, 0.5) is 4.79 Å². The summed E-state index contributed by atoms with van der Waals surface area (Å²) in [6, 6.07) is -1.35. The van der Waals surface area contributed by atoms with E-state index in [-0.39, 0.29) is 6.54 Å². The van der Waals surface area contributed by atoms with Crippen LogP contribution < -0.4 is 5.32 Å². The fourth-order valence-corrected chi connectivity index (χ4v) is 1.16. The Labute approximate surface area is 121 Å². The van der Waals surface area contributed by atoms with Gasteiger partial charge in [-0.3, -0.25) is 9.59 Å². The number of likely N-dealkylation sites (N-methyl/N-ethyl adjacent to an activating group) is 1. The fourth-order valence-electron chi connectivity index (χ4n) is 1.16. The van der Waals surface area contributed by atoms with Gasteiger partial charge in [-0.05, 0) is 31.4 Å². The minimum absolute atomic E-state index is 0.380. The molecule has 0 bridgehead atoms. The van der Waals surface area contributed by atoms with Crippen LogP contribution in [0.5, 0.6) is 0 Å². The Bertz CT molecular complexity index is 452. The van der Waals surface area contributed by atoms with Gasteiger partial charge in [-0.25, -0.2) is 4.79 Å². The maximum atomic E-state index is 11.6. The molecule has 1 atom stereocenters. The van der Waals surface area contributed by atoms with Gasteiger partial charge in [-0.1, -0.05) is 0 Å². The predicted molar refractivity (Wildman–Crippen MR) is 72.0 cm³/mol. The van der Waals surface area contributed by atoms with E-state index in [1.165, 1.54) is 7.05 Å². The highest BCUT2D eigenvalue weighted by molar-refractivity contribution is 5.89. The van der Waals surface area contributed by atoms with Crippen molar-refractivity contribution in [3.8, 4) is 0 Å². The lowest BCUT2D eigenvalue weighted by molar-refractivity contribution is -0.128. The summed E-state index contributed by atoms with van der Waals surface area (Å²) in [6.07, 6.45) is -0.709. The number of hydrogen-bond acceptors (Lipinski definition) is 5. The van der Waals surface area contributed by atoms with Crippen LogP contribution in [0.1, 0.15) is 20.8 Å². The maximum Gasteiger partial charge on any atom is 0.410 e. The van der Waals surface area contributed by atoms with Gasteiger partial charge >= 0.3 is 6.09 Å². The lowest BCUT2D eigenvalue weighted by Gasteiger charge is -2.24. The largest absolute Gasteiger partial charge is 0.444 e. The fraction of sp³-hybridized carbons (Fsp3) is 0.727. The topological polar surface area (TPSA) is 145 Å². The Hall–Kier alpha value is -2.32. The van der Waals surface area contributed by atoms with E-state index in [9.17, 15) is 14.4 Å². The Balaban J connectivity index is 4.51. The third kappa shape index (κ3) is 7.75. The van der Waals surface area contributed by atoms with Crippen LogP contribution in [0, 0.1) is 0 Å². The highest BCUT2D eigenvalue weighted by Gasteiger charge is 2.23. The van der Waals surface area contributed by atoms with Crippen molar-refractivity contribution in [2.45, 2.75) is 32.4 Å². The second kappa shape index (κ2) is 8.08. The molecule has 0 aromatic rings. The van der Waals surface area contributed by atoms with E-state index in [1.807, 2.05) is 0 Å². The van der Waals surface area contributed by atoms with E-state index in [1.54, 1.807) is 20.8 Å². The smallest absolute Gasteiger partial charge is 0.410 e. The Morgan fingerprint density at radius 1 is 1.43 bits per heavy atom. The molecule has 10 nitrogen and oxygen atoms in total. The summed E-state index contributed by atoms with van der Waals surface area (Å²) in [5.41, 5.74) is 7.41. The number of nitrogens with zero attached hydrogens (tertiary/aromatic N) is 4. The number of hydrogen-bond donors (Lipinski definition) is 2. The number of carbonyl (C=O) groups excluding carboxylic acids is 3. The highest BCUT2D eigenvalue weighted by atomic mass is 16.6. The number of carbonyl (C=O) groups is 3. The van der Waals surface area contributed by atoms with Gasteiger partial charge in [0.2, 0.25) is 11.8 Å². The molecule has 21 heavy (non-hydrogen) atoms. The average Bonchev–Trinajstić information content (AvgIpc) is 2.33. The minimum atomic E-state index is -1.35. The molecule has 0 aromatic heterocycles. The quantitative estimate of drug-likeness (QED) is 0.422. The molecule has 0 fully saturated rings. The molecule has 0 aliphatic heterocycles. The number of ether oxygens (including phenoxy) is 1. The number of rotatable bonds is 5. The third-order valence-corrected chi connectivity index (χ3v) is 2.05. The van der Waals surface area contributed by atoms with Gasteiger partial charge in [0.25, 0.3) is 0 Å². The molecular formula is C11H19N5O5. The number of nitrogens with one attached hydrogen (secondary N) is 1. The van der Waals surface area contributed by atoms with Crippen LogP contribution in [0.3, 0.4) is 0 Å². The maximum absolute atomic E-state index is 11.6. The van der Waals surface area contributed by atoms with Crippen molar-refractivity contribution in [3.05, 3.63) is 10.4 Å². The first-order chi connectivity index (χ1) is 9.60. The van der Waals surface area contributed by atoms with Crippen molar-refractivity contribution in [2.75, 3.05) is 20.2 Å². The van der Waals surface area contributed by atoms with Gasteiger partial charge in [0, 0.05) is 12.0 Å². The molecule has 0 unspecified atom stereocenters. The first-order valence-corrected chi connectivity index (χ1v) is 6.04. The summed E-state index contributed by atoms with van der Waals surface area (Å²) in [5.74, 6) is -1.72. The van der Waals surface area contributed by atoms with E-state index < -0.39 is 36.2 Å². The van der Waals surface area contributed by atoms with Gasteiger partial charge < -0.3 is 20.1 Å². The molecule has 0 heterocycles. The number of aliphatic hydroxyl groups excluding tert-OH is 1. The molecule has 10 heteroatoms. The van der Waals surface area contributed by atoms with Crippen molar-refractivity contribution < 1.29 is 24.2 Å². The Morgan fingerprint density at radius 2 is 2.00 bits per heavy atom. The van der Waals surface area contributed by atoms with Crippen LogP contribution in [0.2, 0.25) is 0 Å². The predicted octanol–water partition coefficient (Wildman–Crippen LogP) is 0.167. The minimum Gasteiger partial charge on any atom is -0.444 e. The van der Waals surface area contributed by atoms with Crippen molar-refractivity contribution in [2.24, 2.45) is 5.11 Å². The van der Waals surface area contributed by atoms with Crippen molar-refractivity contribution in [1.29, 1.82) is 0 Å². The standard InChI is InChI=1S/C11H19N5O5/c1-11(2,3)21-10(20)16(4)5-8(18)13-7(6-17)9(19)14-15-12/h7,17H,5-6H2,1-4H3,(H,13,18)/t7-/m1/s1. The van der Waals surface area contributed by atoms with Crippen LogP contribution >= 0.6 is 0 Å². The van der Waals surface area contributed by atoms with Gasteiger partial charge in [-0.2, -0.15) is 0 Å². The van der Waals surface area contributed by atoms with Crippen LogP contribution in [-0.4, -0.2) is 59.8 Å². The number of aliphatic hydroxyl groups is 1. The van der Waals surface area contributed by atoms with E-state index in [2.05, 4.69) is 15.3 Å². The van der Waals surface area contributed by atoms with E-state index >= 15 is 0 Å². The molecule has 0 saturated heterocycles. The zero-order chi connectivity index (χ0) is 16.6. The van der Waals surface area contributed by atoms with Crippen molar-refractivity contribution in [1.82, 2.24) is 10.2 Å². The highest BCUT2D eigenvalue weighted by Crippen LogP contribution is 2.08. The Morgan fingerprint density at radius 3 is 2.43 bits per heavy atom. The zero-order valence-corrected chi connectivity index (χ0v) is 12.4. The summed E-state index contributed by atoms with van der Waals surface area (Å²) in [6.45, 7) is 3.94. The van der Waals surface area contributed by atoms with E-state index in [4.69, 9.17) is 15.4 Å². The number of azide groups is 1. The lowest BCUT2D eigenvalue weighted by Crippen LogP contribution is -2.47. The SMILES string of the molecule is CN(CC(=O)N[C@H](CO)C(=O)N=[N+]=[N-])C(=O)OC(C)(C)C. The monoisotopic (exact) mass is 301 g/mol. The van der Waals surface area contributed by atoms with Gasteiger partial charge in [0.1, 0.15) is 18.2 Å². The molecule has 2 N–H and O–H groups in total. The Kier molecular flexibility index (Phi) is 7.18. The molecule has 0 aliphatic carbocycles. The number of amides is 3. The van der Waals surface area contributed by atoms with Crippen molar-refractivity contribution >= 4 is 17.9 Å². The van der Waals surface area contributed by atoms with Crippen LogP contribution in [0.25, 0.3) is 10.4 Å². The first kappa shape index (κ1) is 18.7. The van der Waals surface area contributed by atoms with Gasteiger partial charge in [-0.15, -0.1) is 0 Å². The summed E-state index contributed by atoms with van der Waals surface area (Å²) in [7, 11) is 1.34. The molecule has 0 spiro atoms.